The summed E-state index contributed by atoms with van der Waals surface area (Å²) in [6.45, 7) is 3.93. The van der Waals surface area contributed by atoms with E-state index in [0.29, 0.717) is 45.4 Å². The molecule has 6 nitrogen and oxygen atoms in total. The van der Waals surface area contributed by atoms with Crippen molar-refractivity contribution in [1.82, 2.24) is 0 Å². The van der Waals surface area contributed by atoms with Gasteiger partial charge in [-0.25, -0.2) is 4.79 Å². The van der Waals surface area contributed by atoms with Gasteiger partial charge < -0.3 is 9.84 Å². The summed E-state index contributed by atoms with van der Waals surface area (Å²) in [7, 11) is -4.53. The first-order valence-corrected chi connectivity index (χ1v) is 15.2. The van der Waals surface area contributed by atoms with E-state index in [2.05, 4.69) is 6.08 Å². The molecule has 1 aliphatic heterocycles. The Labute approximate surface area is 249 Å². The Morgan fingerprint density at radius 1 is 0.791 bits per heavy atom. The van der Waals surface area contributed by atoms with Crippen molar-refractivity contribution in [3.05, 3.63) is 158 Å². The molecular formula is C36H28O6S. The van der Waals surface area contributed by atoms with Gasteiger partial charge in [0.25, 0.3) is 10.1 Å². The van der Waals surface area contributed by atoms with E-state index in [4.69, 9.17) is 4.74 Å². The topological polar surface area (TPSA) is 101 Å². The van der Waals surface area contributed by atoms with Gasteiger partial charge in [0.2, 0.25) is 0 Å². The zero-order valence-corrected chi connectivity index (χ0v) is 24.4. The van der Waals surface area contributed by atoms with E-state index in [-0.39, 0.29) is 10.5 Å². The third-order valence-electron chi connectivity index (χ3n) is 7.78. The van der Waals surface area contributed by atoms with E-state index in [0.717, 1.165) is 27.5 Å². The molecule has 1 aliphatic rings. The molecule has 0 unspecified atom stereocenters. The van der Waals surface area contributed by atoms with Crippen LogP contribution in [0.25, 0.3) is 11.6 Å². The van der Waals surface area contributed by atoms with E-state index < -0.39 is 16.1 Å². The zero-order valence-electron chi connectivity index (χ0n) is 23.5. The number of fused-ring (bicyclic) bond motifs is 2. The third-order valence-corrected chi connectivity index (χ3v) is 8.69. The Kier molecular flexibility index (Phi) is 7.22. The lowest BCUT2D eigenvalue weighted by Gasteiger charge is -2.23. The second kappa shape index (κ2) is 11.0. The summed E-state index contributed by atoms with van der Waals surface area (Å²) < 4.78 is 41.5. The minimum atomic E-state index is -4.53. The van der Waals surface area contributed by atoms with E-state index in [9.17, 15) is 22.9 Å². The third kappa shape index (κ3) is 5.48. The minimum Gasteiger partial charge on any atom is -0.478 e. The Morgan fingerprint density at radius 2 is 1.53 bits per heavy atom. The van der Waals surface area contributed by atoms with Gasteiger partial charge in [-0.15, -0.1) is 0 Å². The molecule has 0 aromatic heterocycles. The van der Waals surface area contributed by atoms with Gasteiger partial charge in [0, 0.05) is 21.9 Å². The van der Waals surface area contributed by atoms with Crippen molar-refractivity contribution in [2.75, 3.05) is 0 Å². The van der Waals surface area contributed by atoms with Crippen LogP contribution >= 0.6 is 0 Å². The van der Waals surface area contributed by atoms with Crippen LogP contribution < -0.4 is 15.2 Å². The molecule has 214 valence electrons. The van der Waals surface area contributed by atoms with Gasteiger partial charge in [-0.2, -0.15) is 8.42 Å². The average molecular weight is 589 g/mol. The van der Waals surface area contributed by atoms with E-state index in [1.807, 2.05) is 80.6 Å². The minimum absolute atomic E-state index is 0.200. The number of hydrogen-bond acceptors (Lipinski definition) is 4. The first-order valence-electron chi connectivity index (χ1n) is 13.7. The van der Waals surface area contributed by atoms with Gasteiger partial charge in [-0.3, -0.25) is 4.55 Å². The van der Waals surface area contributed by atoms with E-state index >= 15 is 0 Å². The highest BCUT2D eigenvalue weighted by Crippen LogP contribution is 2.39. The molecule has 1 heterocycles. The van der Waals surface area contributed by atoms with E-state index in [1.54, 1.807) is 30.3 Å². The molecule has 0 bridgehead atoms. The summed E-state index contributed by atoms with van der Waals surface area (Å²) in [5, 5.41) is 11.4. The Morgan fingerprint density at radius 3 is 2.30 bits per heavy atom. The highest BCUT2D eigenvalue weighted by atomic mass is 32.2. The molecule has 6 rings (SSSR count). The van der Waals surface area contributed by atoms with Crippen LogP contribution in [0.2, 0.25) is 0 Å². The van der Waals surface area contributed by atoms with Gasteiger partial charge in [-0.05, 0) is 89.7 Å². The second-order valence-electron chi connectivity index (χ2n) is 10.6. The van der Waals surface area contributed by atoms with Gasteiger partial charge in [0.15, 0.2) is 0 Å². The number of ether oxygens (including phenoxy) is 1. The fraction of sp³-hybridized carbons (Fsp3) is 0.0833. The van der Waals surface area contributed by atoms with Crippen molar-refractivity contribution in [2.24, 2.45) is 0 Å². The first kappa shape index (κ1) is 28.2. The van der Waals surface area contributed by atoms with Gasteiger partial charge in [0.1, 0.15) is 16.4 Å². The molecule has 0 saturated heterocycles. The normalized spacial score (nSPS) is 12.8. The van der Waals surface area contributed by atoms with Crippen molar-refractivity contribution in [1.29, 1.82) is 0 Å². The molecule has 0 aliphatic carbocycles. The van der Waals surface area contributed by atoms with Crippen molar-refractivity contribution < 1.29 is 27.6 Å². The maximum absolute atomic E-state index is 12.4. The van der Waals surface area contributed by atoms with Crippen LogP contribution in [0.5, 0.6) is 11.5 Å². The van der Waals surface area contributed by atoms with Crippen LogP contribution in [-0.2, 0) is 16.5 Å². The van der Waals surface area contributed by atoms with Crippen LogP contribution in [0, 0.1) is 13.8 Å². The number of carboxylic acids is 1. The Bertz CT molecular complexity index is 2160. The van der Waals surface area contributed by atoms with Gasteiger partial charge in [0.05, 0.1) is 5.56 Å². The monoisotopic (exact) mass is 588 g/mol. The molecule has 5 aromatic carbocycles. The number of carbonyl (C=O) groups is 1. The van der Waals surface area contributed by atoms with Crippen molar-refractivity contribution in [3.8, 4) is 11.5 Å². The van der Waals surface area contributed by atoms with Crippen molar-refractivity contribution >= 4 is 27.7 Å². The molecule has 0 amide bonds. The predicted molar refractivity (Wildman–Crippen MR) is 166 cm³/mol. The highest BCUT2D eigenvalue weighted by Gasteiger charge is 2.26. The summed E-state index contributed by atoms with van der Waals surface area (Å²) >= 11 is 0. The standard InChI is InChI=1S/C36H28O6S/c1-22-8-3-4-10-26(22)18-24-14-16-28-32(20-24)42-33-21-25(19-31-23(2)9-7-12-27(31)36(37)38)15-17-29(33)35(28)30-11-5-6-13-34(30)43(39,40)41/h3-18,20-21H,19H2,1-2H3,(H,37,38)(H,39,40,41)/b24-18+. The van der Waals surface area contributed by atoms with E-state index in [1.165, 1.54) is 6.07 Å². The molecule has 2 N–H and O–H groups in total. The van der Waals surface area contributed by atoms with Gasteiger partial charge in [-0.1, -0.05) is 72.8 Å². The summed E-state index contributed by atoms with van der Waals surface area (Å²) in [4.78, 5) is 11.7. The maximum atomic E-state index is 12.4. The molecule has 7 heteroatoms. The van der Waals surface area contributed by atoms with Crippen LogP contribution in [0.3, 0.4) is 0 Å². The molecule has 5 aromatic rings. The smallest absolute Gasteiger partial charge is 0.335 e. The first-order chi connectivity index (χ1) is 20.6. The predicted octanol–water partition coefficient (Wildman–Crippen LogP) is 6.02. The van der Waals surface area contributed by atoms with Crippen LogP contribution in [0.1, 0.15) is 49.3 Å². The molecule has 0 atom stereocenters. The molecular weight excluding hydrogens is 560 g/mol. The second-order valence-corrected chi connectivity index (χ2v) is 12.0. The lowest BCUT2D eigenvalue weighted by Crippen LogP contribution is -2.21. The summed E-state index contributed by atoms with van der Waals surface area (Å²) in [5.74, 6) is 0.0505. The number of benzene rings is 5. The number of aromatic carboxylic acids is 1. The van der Waals surface area contributed by atoms with Crippen LogP contribution in [0.4, 0.5) is 0 Å². The molecule has 0 fully saturated rings. The Hall–Kier alpha value is -4.98. The lowest BCUT2D eigenvalue weighted by molar-refractivity contribution is 0.0695. The van der Waals surface area contributed by atoms with Crippen LogP contribution in [0.15, 0.2) is 108 Å². The summed E-state index contributed by atoms with van der Waals surface area (Å²) in [6.07, 6.45) is 2.43. The molecule has 0 radical (unpaired) electrons. The molecule has 43 heavy (non-hydrogen) atoms. The quantitative estimate of drug-likeness (QED) is 0.231. The highest BCUT2D eigenvalue weighted by molar-refractivity contribution is 7.86. The SMILES string of the molecule is Cc1ccccc1/C=c1\ccc2c(c1)Oc1cc(Cc3c(C)cccc3C(=O)O)ccc1C=2c1ccccc1S(=O)(=O)O. The van der Waals surface area contributed by atoms with Crippen LogP contribution in [-0.4, -0.2) is 24.0 Å². The number of hydrogen-bond donors (Lipinski definition) is 2. The molecule has 0 saturated carbocycles. The Balaban J connectivity index is 1.57. The van der Waals surface area contributed by atoms with Crippen molar-refractivity contribution in [2.45, 2.75) is 25.2 Å². The average Bonchev–Trinajstić information content (AvgIpc) is 2.97. The zero-order chi connectivity index (χ0) is 30.3. The largest absolute Gasteiger partial charge is 0.478 e. The van der Waals surface area contributed by atoms with Gasteiger partial charge >= 0.3 is 5.97 Å². The maximum Gasteiger partial charge on any atom is 0.335 e. The summed E-state index contributed by atoms with van der Waals surface area (Å²) in [6, 6.07) is 31.0. The number of rotatable bonds is 6. The fourth-order valence-corrected chi connectivity index (χ4v) is 6.31. The number of carboxylic acid groups (broad SMARTS) is 1. The lowest BCUT2D eigenvalue weighted by atomic mass is 9.90. The number of aryl methyl sites for hydroxylation is 2. The van der Waals surface area contributed by atoms with Crippen molar-refractivity contribution in [3.63, 3.8) is 0 Å². The fourth-order valence-electron chi connectivity index (χ4n) is 5.61. The molecule has 0 spiro atoms. The summed E-state index contributed by atoms with van der Waals surface area (Å²) in [5.41, 5.74) is 6.48.